The number of hydrogen-bond acceptors (Lipinski definition) is 5. The van der Waals surface area contributed by atoms with Crippen molar-refractivity contribution in [1.82, 2.24) is 15.3 Å². The summed E-state index contributed by atoms with van der Waals surface area (Å²) in [6, 6.07) is 0.188. The number of rotatable bonds is 5. The normalized spacial score (nSPS) is 14.4. The van der Waals surface area contributed by atoms with Crippen molar-refractivity contribution in [2.45, 2.75) is 38.8 Å². The summed E-state index contributed by atoms with van der Waals surface area (Å²) in [4.78, 5) is 6.65. The predicted octanol–water partition coefficient (Wildman–Crippen LogP) is 1.17. The highest BCUT2D eigenvalue weighted by atomic mass is 32.1. The van der Waals surface area contributed by atoms with Gasteiger partial charge >= 0.3 is 0 Å². The van der Waals surface area contributed by atoms with Crippen LogP contribution in [0.3, 0.4) is 0 Å². The largest absolute Gasteiger partial charge is 0.303 e. The molecule has 16 heavy (non-hydrogen) atoms. The van der Waals surface area contributed by atoms with Crippen molar-refractivity contribution in [1.29, 1.82) is 0 Å². The second kappa shape index (κ2) is 5.23. The first-order chi connectivity index (χ1) is 7.37. The number of hydrogen-bond donors (Lipinski definition) is 2. The number of nitrogens with zero attached hydrogens (tertiary/aromatic N) is 2. The van der Waals surface area contributed by atoms with E-state index in [4.69, 9.17) is 5.84 Å². The zero-order valence-corrected chi connectivity index (χ0v) is 11.6. The molecular weight excluding hydrogens is 220 g/mol. The molecular formula is C11H22N4S. The topological polar surface area (TPSA) is 54.2 Å². The molecule has 3 N–H and O–H groups in total. The number of likely N-dealkylation sites (N-methyl/N-ethyl adjacent to an activating group) is 1. The van der Waals surface area contributed by atoms with Crippen molar-refractivity contribution in [3.8, 4) is 0 Å². The number of aryl methyl sites for hydroxylation is 1. The van der Waals surface area contributed by atoms with Gasteiger partial charge in [0, 0.05) is 29.1 Å². The van der Waals surface area contributed by atoms with Crippen LogP contribution in [0.25, 0.3) is 0 Å². The highest BCUT2D eigenvalue weighted by Gasteiger charge is 2.31. The molecule has 1 rings (SSSR count). The highest BCUT2D eigenvalue weighted by molar-refractivity contribution is 7.09. The zero-order valence-electron chi connectivity index (χ0n) is 10.7. The van der Waals surface area contributed by atoms with Crippen LogP contribution in [0, 0.1) is 6.92 Å². The molecule has 5 heteroatoms. The molecule has 0 aliphatic heterocycles. The van der Waals surface area contributed by atoms with Crippen molar-refractivity contribution < 1.29 is 0 Å². The molecule has 0 saturated heterocycles. The average molecular weight is 242 g/mol. The molecule has 0 fully saturated rings. The molecule has 0 radical (unpaired) electrons. The van der Waals surface area contributed by atoms with Gasteiger partial charge in [-0.25, -0.2) is 4.98 Å². The van der Waals surface area contributed by atoms with E-state index in [0.29, 0.717) is 0 Å². The third kappa shape index (κ3) is 3.01. The Bertz CT molecular complexity index is 332. The van der Waals surface area contributed by atoms with E-state index in [-0.39, 0.29) is 11.6 Å². The van der Waals surface area contributed by atoms with Crippen molar-refractivity contribution in [2.24, 2.45) is 5.84 Å². The number of thiazole rings is 1. The first-order valence-electron chi connectivity index (χ1n) is 5.42. The van der Waals surface area contributed by atoms with Gasteiger partial charge in [-0.1, -0.05) is 0 Å². The van der Waals surface area contributed by atoms with E-state index in [0.717, 1.165) is 17.1 Å². The van der Waals surface area contributed by atoms with Gasteiger partial charge in [-0.05, 0) is 34.9 Å². The molecule has 92 valence electrons. The van der Waals surface area contributed by atoms with Gasteiger partial charge in [-0.3, -0.25) is 11.3 Å². The Morgan fingerprint density at radius 1 is 1.56 bits per heavy atom. The molecule has 0 bridgehead atoms. The van der Waals surface area contributed by atoms with E-state index < -0.39 is 0 Å². The fourth-order valence-corrected chi connectivity index (χ4v) is 2.31. The molecule has 0 aliphatic rings. The van der Waals surface area contributed by atoms with Crippen molar-refractivity contribution in [3.63, 3.8) is 0 Å². The lowest BCUT2D eigenvalue weighted by Crippen LogP contribution is -2.58. The fraction of sp³-hybridized carbons (Fsp3) is 0.727. The monoisotopic (exact) mass is 242 g/mol. The van der Waals surface area contributed by atoms with E-state index in [2.05, 4.69) is 48.6 Å². The second-order valence-electron chi connectivity index (χ2n) is 4.85. The summed E-state index contributed by atoms with van der Waals surface area (Å²) in [6.07, 6.45) is 0.861. The lowest BCUT2D eigenvalue weighted by molar-refractivity contribution is 0.137. The van der Waals surface area contributed by atoms with Gasteiger partial charge in [0.1, 0.15) is 0 Å². The Kier molecular flexibility index (Phi) is 4.43. The molecule has 1 unspecified atom stereocenters. The van der Waals surface area contributed by atoms with Gasteiger partial charge in [0.25, 0.3) is 0 Å². The van der Waals surface area contributed by atoms with Crippen LogP contribution in [0.4, 0.5) is 0 Å². The van der Waals surface area contributed by atoms with Crippen LogP contribution in [0.15, 0.2) is 5.38 Å². The standard InChI is InChI=1S/C11H22N4S/c1-8-7-16-10(13-8)6-9(14-12)11(2,3)15(4)5/h7,9,14H,6,12H2,1-5H3. The predicted molar refractivity (Wildman–Crippen MR) is 69.4 cm³/mol. The van der Waals surface area contributed by atoms with Crippen molar-refractivity contribution >= 4 is 11.3 Å². The third-order valence-electron chi connectivity index (χ3n) is 3.25. The lowest BCUT2D eigenvalue weighted by atomic mass is 9.91. The number of aromatic nitrogens is 1. The highest BCUT2D eigenvalue weighted by Crippen LogP contribution is 2.20. The number of nitrogens with one attached hydrogen (secondary N) is 1. The van der Waals surface area contributed by atoms with Crippen LogP contribution in [0.5, 0.6) is 0 Å². The Morgan fingerprint density at radius 3 is 2.56 bits per heavy atom. The first-order valence-corrected chi connectivity index (χ1v) is 6.30. The molecule has 0 aromatic carbocycles. The van der Waals surface area contributed by atoms with E-state index in [1.54, 1.807) is 11.3 Å². The molecule has 1 aromatic heterocycles. The van der Waals surface area contributed by atoms with E-state index >= 15 is 0 Å². The van der Waals surface area contributed by atoms with Crippen LogP contribution in [0.2, 0.25) is 0 Å². The van der Waals surface area contributed by atoms with Gasteiger partial charge in [0.05, 0.1) is 5.01 Å². The minimum absolute atomic E-state index is 0.00563. The fourth-order valence-electron chi connectivity index (χ4n) is 1.50. The molecule has 1 aromatic rings. The SMILES string of the molecule is Cc1csc(CC(NN)C(C)(C)N(C)C)n1. The molecule has 1 atom stereocenters. The molecule has 0 aliphatic carbocycles. The maximum atomic E-state index is 5.65. The van der Waals surface area contributed by atoms with Gasteiger partial charge in [-0.2, -0.15) is 0 Å². The van der Waals surface area contributed by atoms with E-state index in [9.17, 15) is 0 Å². The van der Waals surface area contributed by atoms with Crippen LogP contribution < -0.4 is 11.3 Å². The van der Waals surface area contributed by atoms with Crippen LogP contribution in [-0.2, 0) is 6.42 Å². The summed E-state index contributed by atoms with van der Waals surface area (Å²) < 4.78 is 0. The lowest BCUT2D eigenvalue weighted by Gasteiger charge is -2.39. The van der Waals surface area contributed by atoms with Crippen LogP contribution in [-0.4, -0.2) is 35.6 Å². The van der Waals surface area contributed by atoms with E-state index in [1.165, 1.54) is 0 Å². The summed E-state index contributed by atoms with van der Waals surface area (Å²) in [5.41, 5.74) is 3.98. The maximum absolute atomic E-state index is 5.65. The maximum Gasteiger partial charge on any atom is 0.0944 e. The second-order valence-corrected chi connectivity index (χ2v) is 5.80. The van der Waals surface area contributed by atoms with Gasteiger partial charge in [0.15, 0.2) is 0 Å². The van der Waals surface area contributed by atoms with Crippen LogP contribution in [0.1, 0.15) is 24.5 Å². The summed E-state index contributed by atoms with van der Waals surface area (Å²) in [5.74, 6) is 5.65. The minimum Gasteiger partial charge on any atom is -0.303 e. The molecule has 1 heterocycles. The first kappa shape index (κ1) is 13.6. The summed E-state index contributed by atoms with van der Waals surface area (Å²) in [7, 11) is 4.13. The molecule has 0 spiro atoms. The minimum atomic E-state index is -0.00563. The third-order valence-corrected chi connectivity index (χ3v) is 4.24. The Labute approximate surface area is 102 Å². The number of nitrogens with two attached hydrogens (primary N) is 1. The summed E-state index contributed by atoms with van der Waals surface area (Å²) in [5, 5.41) is 3.21. The smallest absolute Gasteiger partial charge is 0.0944 e. The van der Waals surface area contributed by atoms with Crippen molar-refractivity contribution in [3.05, 3.63) is 16.1 Å². The van der Waals surface area contributed by atoms with Gasteiger partial charge < -0.3 is 4.90 Å². The Balaban J connectivity index is 2.76. The Morgan fingerprint density at radius 2 is 2.19 bits per heavy atom. The number of hydrazine groups is 1. The summed E-state index contributed by atoms with van der Waals surface area (Å²) >= 11 is 1.70. The van der Waals surface area contributed by atoms with Gasteiger partial charge in [-0.15, -0.1) is 11.3 Å². The van der Waals surface area contributed by atoms with Crippen molar-refractivity contribution in [2.75, 3.05) is 14.1 Å². The molecule has 4 nitrogen and oxygen atoms in total. The van der Waals surface area contributed by atoms with Gasteiger partial charge in [0.2, 0.25) is 0 Å². The Hall–Kier alpha value is -0.490. The van der Waals surface area contributed by atoms with E-state index in [1.807, 2.05) is 6.92 Å². The molecule has 0 amide bonds. The summed E-state index contributed by atoms with van der Waals surface area (Å²) in [6.45, 7) is 6.37. The average Bonchev–Trinajstić information content (AvgIpc) is 2.60. The molecule has 0 saturated carbocycles. The zero-order chi connectivity index (χ0) is 12.3. The quantitative estimate of drug-likeness (QED) is 0.601. The van der Waals surface area contributed by atoms with Crippen LogP contribution >= 0.6 is 11.3 Å².